The van der Waals surface area contributed by atoms with Gasteiger partial charge in [-0.1, -0.05) is 54.6 Å². The molecule has 0 saturated carbocycles. The van der Waals surface area contributed by atoms with Crippen LogP contribution in [0.5, 0.6) is 11.5 Å². The van der Waals surface area contributed by atoms with Gasteiger partial charge in [0, 0.05) is 23.3 Å². The molecule has 2 fully saturated rings. The zero-order valence-electron chi connectivity index (χ0n) is 26.8. The summed E-state index contributed by atoms with van der Waals surface area (Å²) in [6.45, 7) is 3.54. The number of fused-ring (bicyclic) bond motifs is 2. The molecular formula is C35H35N5O7S. The maximum atomic E-state index is 13.1. The van der Waals surface area contributed by atoms with E-state index in [-0.39, 0.29) is 13.2 Å². The van der Waals surface area contributed by atoms with E-state index in [4.69, 9.17) is 18.9 Å². The molecule has 248 valence electrons. The van der Waals surface area contributed by atoms with Crippen molar-refractivity contribution in [3.63, 3.8) is 0 Å². The molecule has 13 heteroatoms. The van der Waals surface area contributed by atoms with Gasteiger partial charge in [-0.25, -0.2) is 9.78 Å². The third kappa shape index (κ3) is 5.19. The predicted octanol–water partition coefficient (Wildman–Crippen LogP) is 3.55. The number of benzene rings is 3. The SMILES string of the molecule is COc1ccc(C(OC[C@@]23CN(c4nc(C)ns4)[C@@H]([C@H](n4cc(C)c(=O)[nH]c4=O)O2)[C@@H]3O)(c2ccccc2)c2ccc(OC)cc2)cc1. The van der Waals surface area contributed by atoms with E-state index in [1.807, 2.05) is 83.8 Å². The van der Waals surface area contributed by atoms with Crippen molar-refractivity contribution in [3.8, 4) is 11.5 Å². The van der Waals surface area contributed by atoms with E-state index in [0.717, 1.165) is 16.7 Å². The van der Waals surface area contributed by atoms with Crippen molar-refractivity contribution in [3.05, 3.63) is 134 Å². The Morgan fingerprint density at radius 3 is 2.12 bits per heavy atom. The summed E-state index contributed by atoms with van der Waals surface area (Å²) >= 11 is 1.20. The van der Waals surface area contributed by atoms with Crippen molar-refractivity contribution in [2.75, 3.05) is 32.3 Å². The average Bonchev–Trinajstić information content (AvgIpc) is 3.76. The monoisotopic (exact) mass is 669 g/mol. The number of rotatable bonds is 10. The molecule has 2 N–H and O–H groups in total. The minimum atomic E-state index is -1.31. The third-order valence-electron chi connectivity index (χ3n) is 9.20. The summed E-state index contributed by atoms with van der Waals surface area (Å²) in [4.78, 5) is 34.3. The van der Waals surface area contributed by atoms with Gasteiger partial charge in [-0.05, 0) is 54.8 Å². The maximum absolute atomic E-state index is 13.1. The third-order valence-corrected chi connectivity index (χ3v) is 10.0. The molecule has 2 aliphatic heterocycles. The molecule has 2 aliphatic rings. The van der Waals surface area contributed by atoms with E-state index in [1.54, 1.807) is 28.1 Å². The van der Waals surface area contributed by atoms with Crippen LogP contribution in [0.4, 0.5) is 5.13 Å². The Hall–Kier alpha value is -4.82. The lowest BCUT2D eigenvalue weighted by Crippen LogP contribution is -2.51. The summed E-state index contributed by atoms with van der Waals surface area (Å²) in [7, 11) is 3.23. The molecule has 7 rings (SSSR count). The van der Waals surface area contributed by atoms with E-state index in [1.165, 1.54) is 22.3 Å². The number of nitrogens with one attached hydrogen (secondary N) is 1. The van der Waals surface area contributed by atoms with Gasteiger partial charge in [-0.2, -0.15) is 4.37 Å². The van der Waals surface area contributed by atoms with Crippen LogP contribution in [-0.4, -0.2) is 69.1 Å². The van der Waals surface area contributed by atoms with E-state index in [9.17, 15) is 14.7 Å². The summed E-state index contributed by atoms with van der Waals surface area (Å²) in [5.41, 5.74) is -0.796. The number of hydrogen-bond donors (Lipinski definition) is 2. The van der Waals surface area contributed by atoms with E-state index >= 15 is 0 Å². The minimum absolute atomic E-state index is 0.0838. The lowest BCUT2D eigenvalue weighted by molar-refractivity contribution is -0.159. The normalized spacial score (nSPS) is 21.9. The van der Waals surface area contributed by atoms with Gasteiger partial charge in [0.25, 0.3) is 5.56 Å². The number of aromatic amines is 1. The zero-order chi connectivity index (χ0) is 33.6. The highest BCUT2D eigenvalue weighted by Crippen LogP contribution is 2.50. The molecule has 4 heterocycles. The second-order valence-electron chi connectivity index (χ2n) is 12.0. The Morgan fingerprint density at radius 1 is 0.958 bits per heavy atom. The molecule has 3 aromatic carbocycles. The smallest absolute Gasteiger partial charge is 0.330 e. The van der Waals surface area contributed by atoms with Gasteiger partial charge in [0.1, 0.15) is 40.7 Å². The number of aliphatic hydroxyl groups is 1. The molecule has 12 nitrogen and oxygen atoms in total. The van der Waals surface area contributed by atoms with Gasteiger partial charge in [0.05, 0.1) is 27.4 Å². The fraction of sp³-hybridized carbons (Fsp3) is 0.314. The second kappa shape index (κ2) is 12.3. The Morgan fingerprint density at radius 2 is 1.56 bits per heavy atom. The van der Waals surface area contributed by atoms with Crippen LogP contribution in [0.1, 0.15) is 34.3 Å². The Bertz CT molecular complexity index is 1980. The molecule has 48 heavy (non-hydrogen) atoms. The summed E-state index contributed by atoms with van der Waals surface area (Å²) in [6, 6.07) is 24.5. The fourth-order valence-electron chi connectivity index (χ4n) is 6.76. The van der Waals surface area contributed by atoms with Crippen LogP contribution < -0.4 is 25.6 Å². The first-order chi connectivity index (χ1) is 23.2. The highest BCUT2D eigenvalue weighted by molar-refractivity contribution is 7.09. The largest absolute Gasteiger partial charge is 0.497 e. The van der Waals surface area contributed by atoms with Crippen LogP contribution in [0.3, 0.4) is 0 Å². The van der Waals surface area contributed by atoms with Gasteiger partial charge >= 0.3 is 5.69 Å². The highest BCUT2D eigenvalue weighted by Gasteiger charge is 2.65. The Balaban J connectivity index is 1.36. The number of anilines is 1. The minimum Gasteiger partial charge on any atom is -0.497 e. The van der Waals surface area contributed by atoms with Crippen LogP contribution in [0.15, 0.2) is 94.6 Å². The van der Waals surface area contributed by atoms with E-state index < -0.39 is 40.8 Å². The lowest BCUT2D eigenvalue weighted by Gasteiger charge is -2.41. The number of hydrogen-bond acceptors (Lipinski definition) is 11. The summed E-state index contributed by atoms with van der Waals surface area (Å²) < 4.78 is 30.5. The summed E-state index contributed by atoms with van der Waals surface area (Å²) in [6.07, 6.45) is -0.607. The standard InChI is InChI=1S/C35H35N5O7S/c1-21-18-39(32(43)37-30(21)42)31-28-29(41)34(47-31,19-40(28)33-36-22(2)38-48-33)20-46-35(23-8-6-5-7-9-23,24-10-14-26(44-3)15-11-24)25-12-16-27(45-4)17-13-25/h5-18,28-29,31,41H,19-20H2,1-4H3,(H,37,42,43)/t28-,29+,31-,34-/m1/s1. The molecule has 2 aromatic heterocycles. The molecule has 5 aromatic rings. The van der Waals surface area contributed by atoms with Gasteiger partial charge in [-0.15, -0.1) is 0 Å². The number of ether oxygens (including phenoxy) is 4. The topological polar surface area (TPSA) is 141 Å². The zero-order valence-corrected chi connectivity index (χ0v) is 27.6. The first-order valence-corrected chi connectivity index (χ1v) is 16.2. The predicted molar refractivity (Wildman–Crippen MR) is 179 cm³/mol. The molecule has 0 unspecified atom stereocenters. The molecule has 0 aliphatic carbocycles. The van der Waals surface area contributed by atoms with E-state index in [2.05, 4.69) is 14.3 Å². The number of H-pyrrole nitrogens is 1. The van der Waals surface area contributed by atoms with E-state index in [0.29, 0.717) is 28.0 Å². The quantitative estimate of drug-likeness (QED) is 0.212. The number of aliphatic hydroxyl groups excluding tert-OH is 1. The summed E-state index contributed by atoms with van der Waals surface area (Å²) in [5.74, 6) is 1.97. The van der Waals surface area contributed by atoms with Crippen LogP contribution in [0, 0.1) is 13.8 Å². The van der Waals surface area contributed by atoms with Crippen LogP contribution in [0.25, 0.3) is 0 Å². The average molecular weight is 670 g/mol. The number of methoxy groups -OCH3 is 2. The molecular weight excluding hydrogens is 634 g/mol. The maximum Gasteiger partial charge on any atom is 0.330 e. The lowest BCUT2D eigenvalue weighted by atomic mass is 9.79. The molecule has 0 radical (unpaired) electrons. The van der Waals surface area contributed by atoms with Crippen LogP contribution in [-0.2, 0) is 15.1 Å². The first kappa shape index (κ1) is 31.8. The van der Waals surface area contributed by atoms with Crippen LogP contribution in [0.2, 0.25) is 0 Å². The first-order valence-electron chi connectivity index (χ1n) is 15.4. The summed E-state index contributed by atoms with van der Waals surface area (Å²) in [5, 5.41) is 12.7. The number of aryl methyl sites for hydroxylation is 2. The Labute approximate surface area is 280 Å². The Kier molecular flexibility index (Phi) is 8.16. The van der Waals surface area contributed by atoms with Crippen molar-refractivity contribution < 1.29 is 24.1 Å². The van der Waals surface area contributed by atoms with Crippen molar-refractivity contribution in [2.24, 2.45) is 0 Å². The van der Waals surface area contributed by atoms with Crippen molar-refractivity contribution in [1.29, 1.82) is 0 Å². The molecule has 2 saturated heterocycles. The van der Waals surface area contributed by atoms with Gasteiger partial charge in [-0.3, -0.25) is 14.3 Å². The molecule has 4 atom stereocenters. The number of nitrogens with zero attached hydrogens (tertiary/aromatic N) is 4. The molecule has 0 spiro atoms. The molecule has 2 bridgehead atoms. The number of aromatic nitrogens is 4. The van der Waals surface area contributed by atoms with Crippen molar-refractivity contribution in [2.45, 2.75) is 43.4 Å². The van der Waals surface area contributed by atoms with Crippen LogP contribution >= 0.6 is 11.5 Å². The highest BCUT2D eigenvalue weighted by atomic mass is 32.1. The molecule has 0 amide bonds. The van der Waals surface area contributed by atoms with Gasteiger partial charge in [0.2, 0.25) is 5.13 Å². The van der Waals surface area contributed by atoms with Crippen molar-refractivity contribution in [1.82, 2.24) is 18.9 Å². The van der Waals surface area contributed by atoms with Crippen molar-refractivity contribution >= 4 is 16.7 Å². The second-order valence-corrected chi connectivity index (χ2v) is 12.8. The fourth-order valence-corrected chi connectivity index (χ4v) is 7.48. The van der Waals surface area contributed by atoms with Gasteiger partial charge < -0.3 is 29.0 Å². The number of morpholine rings is 1. The van der Waals surface area contributed by atoms with Gasteiger partial charge in [0.15, 0.2) is 6.23 Å².